The molecule has 2 aromatic rings. The number of carbonyl (C=O) groups is 1. The number of benzene rings is 1. The molecule has 4 N–H and O–H groups in total. The number of anilines is 1. The summed E-state index contributed by atoms with van der Waals surface area (Å²) in [6.07, 6.45) is 1.25. The Morgan fingerprint density at radius 1 is 1.57 bits per heavy atom. The van der Waals surface area contributed by atoms with Gasteiger partial charge in [0.25, 0.3) is 5.69 Å². The van der Waals surface area contributed by atoms with Gasteiger partial charge in [-0.3, -0.25) is 14.9 Å². The molecule has 116 valence electrons. The van der Waals surface area contributed by atoms with E-state index in [9.17, 15) is 14.9 Å². The molecule has 0 fully saturated rings. The highest BCUT2D eigenvalue weighted by atomic mass is 16.6. The number of tetrazole rings is 1. The number of nitriles is 1. The van der Waals surface area contributed by atoms with Crippen LogP contribution >= 0.6 is 0 Å². The Bertz CT molecular complexity index is 835. The summed E-state index contributed by atoms with van der Waals surface area (Å²) in [5, 5.41) is 35.7. The average Bonchev–Trinajstić information content (AvgIpc) is 3.03. The van der Waals surface area contributed by atoms with Crippen molar-refractivity contribution in [3.8, 4) is 6.07 Å². The Hall–Kier alpha value is -3.81. The van der Waals surface area contributed by atoms with Gasteiger partial charge < -0.3 is 11.1 Å². The zero-order valence-electron chi connectivity index (χ0n) is 11.8. The van der Waals surface area contributed by atoms with Gasteiger partial charge in [-0.2, -0.15) is 10.5 Å². The van der Waals surface area contributed by atoms with Gasteiger partial charge in [0, 0.05) is 23.5 Å². The zero-order chi connectivity index (χ0) is 17.0. The Morgan fingerprint density at radius 2 is 2.30 bits per heavy atom. The summed E-state index contributed by atoms with van der Waals surface area (Å²) in [4.78, 5) is 21.7. The lowest BCUT2D eigenvalue weighted by atomic mass is 10.1. The number of aromatic nitrogens is 4. The van der Waals surface area contributed by atoms with Crippen LogP contribution in [0.2, 0.25) is 0 Å². The van der Waals surface area contributed by atoms with Crippen LogP contribution < -0.4 is 11.1 Å². The van der Waals surface area contributed by atoms with Crippen LogP contribution in [0.4, 0.5) is 11.4 Å². The van der Waals surface area contributed by atoms with E-state index in [-0.39, 0.29) is 33.9 Å². The van der Waals surface area contributed by atoms with Crippen LogP contribution in [0.3, 0.4) is 0 Å². The van der Waals surface area contributed by atoms with E-state index < -0.39 is 10.8 Å². The number of nitro groups is 1. The third-order valence-electron chi connectivity index (χ3n) is 2.94. The van der Waals surface area contributed by atoms with Gasteiger partial charge in [0.2, 0.25) is 11.7 Å². The third-order valence-corrected chi connectivity index (χ3v) is 2.94. The summed E-state index contributed by atoms with van der Waals surface area (Å²) in [5.74, 6) is -0.753. The predicted molar refractivity (Wildman–Crippen MR) is 77.7 cm³/mol. The second-order valence-corrected chi connectivity index (χ2v) is 4.34. The molecule has 1 aromatic heterocycles. The van der Waals surface area contributed by atoms with Crippen LogP contribution in [0.25, 0.3) is 5.57 Å². The maximum absolute atomic E-state index is 11.3. The maximum Gasteiger partial charge on any atom is 0.275 e. The first-order chi connectivity index (χ1) is 10.9. The predicted octanol–water partition coefficient (Wildman–Crippen LogP) is 0.492. The number of nitrogens with one attached hydrogen (secondary N) is 2. The lowest BCUT2D eigenvalue weighted by Gasteiger charge is -2.08. The Morgan fingerprint density at radius 3 is 2.83 bits per heavy atom. The fourth-order valence-electron chi connectivity index (χ4n) is 1.75. The van der Waals surface area contributed by atoms with Crippen molar-refractivity contribution in [2.45, 2.75) is 6.92 Å². The molecule has 0 saturated carbocycles. The Kier molecular flexibility index (Phi) is 4.27. The van der Waals surface area contributed by atoms with Crippen molar-refractivity contribution in [1.82, 2.24) is 20.6 Å². The van der Waals surface area contributed by atoms with Gasteiger partial charge in [-0.25, -0.2) is 0 Å². The number of primary amides is 1. The second-order valence-electron chi connectivity index (χ2n) is 4.34. The molecule has 1 aromatic carbocycles. The van der Waals surface area contributed by atoms with Crippen molar-refractivity contribution in [2.75, 3.05) is 5.32 Å². The van der Waals surface area contributed by atoms with Gasteiger partial charge in [0.05, 0.1) is 10.5 Å². The summed E-state index contributed by atoms with van der Waals surface area (Å²) in [6.45, 7) is 1.50. The van der Waals surface area contributed by atoms with Crippen LogP contribution in [0.15, 0.2) is 18.3 Å². The smallest absolute Gasteiger partial charge is 0.275 e. The van der Waals surface area contributed by atoms with E-state index in [4.69, 9.17) is 11.0 Å². The van der Waals surface area contributed by atoms with Crippen molar-refractivity contribution < 1.29 is 9.72 Å². The molecular formula is C12H10N8O3. The average molecular weight is 314 g/mol. The molecule has 0 aliphatic heterocycles. The van der Waals surface area contributed by atoms with Gasteiger partial charge in [0.1, 0.15) is 11.6 Å². The molecule has 0 unspecified atom stereocenters. The van der Waals surface area contributed by atoms with Crippen molar-refractivity contribution in [3.63, 3.8) is 0 Å². The molecule has 0 aliphatic carbocycles. The number of carbonyl (C=O) groups excluding carboxylic acids is 1. The molecule has 0 aliphatic rings. The topological polar surface area (TPSA) is 177 Å². The molecular weight excluding hydrogens is 304 g/mol. The van der Waals surface area contributed by atoms with E-state index in [2.05, 4.69) is 25.9 Å². The first-order valence-electron chi connectivity index (χ1n) is 6.13. The number of nitrogens with two attached hydrogens (primary N) is 1. The largest absolute Gasteiger partial charge is 0.366 e. The van der Waals surface area contributed by atoms with Crippen LogP contribution in [0.1, 0.15) is 21.7 Å². The summed E-state index contributed by atoms with van der Waals surface area (Å²) in [6, 6.07) is 4.30. The van der Waals surface area contributed by atoms with Gasteiger partial charge >= 0.3 is 0 Å². The maximum atomic E-state index is 11.3. The standard InChI is InChI=1S/C12H10N8O3/c1-6-9(2-7(11(14)21)3-10(6)20(22)23)15-5-8(4-13)12-16-18-19-17-12/h2-3,5,15H,1H3,(H2,14,21)(H,16,17,18,19). The van der Waals surface area contributed by atoms with E-state index in [0.717, 1.165) is 6.07 Å². The lowest BCUT2D eigenvalue weighted by Crippen LogP contribution is -2.12. The highest BCUT2D eigenvalue weighted by molar-refractivity contribution is 5.95. The molecule has 1 heterocycles. The van der Waals surface area contributed by atoms with Gasteiger partial charge in [-0.15, -0.1) is 10.2 Å². The quantitative estimate of drug-likeness (QED) is 0.405. The van der Waals surface area contributed by atoms with Crippen LogP contribution in [0.5, 0.6) is 0 Å². The third kappa shape index (κ3) is 3.27. The minimum absolute atomic E-state index is 0.0312. The van der Waals surface area contributed by atoms with Gasteiger partial charge in [-0.05, 0) is 18.2 Å². The number of allylic oxidation sites excluding steroid dienone is 1. The number of rotatable bonds is 5. The minimum atomic E-state index is -0.807. The Labute approximate surface area is 128 Å². The minimum Gasteiger partial charge on any atom is -0.366 e. The number of nitro benzene ring substituents is 1. The van der Waals surface area contributed by atoms with E-state index in [1.54, 1.807) is 0 Å². The molecule has 23 heavy (non-hydrogen) atoms. The molecule has 0 radical (unpaired) electrons. The first kappa shape index (κ1) is 15.6. The number of aromatic amines is 1. The highest BCUT2D eigenvalue weighted by Crippen LogP contribution is 2.28. The molecule has 1 amide bonds. The summed E-state index contributed by atoms with van der Waals surface area (Å²) < 4.78 is 0. The van der Waals surface area contributed by atoms with Crippen LogP contribution in [-0.4, -0.2) is 31.5 Å². The van der Waals surface area contributed by atoms with E-state index in [1.165, 1.54) is 19.2 Å². The number of amides is 1. The summed E-state index contributed by atoms with van der Waals surface area (Å²) in [5.41, 5.74) is 5.45. The summed E-state index contributed by atoms with van der Waals surface area (Å²) >= 11 is 0. The van der Waals surface area contributed by atoms with Crippen molar-refractivity contribution in [3.05, 3.63) is 45.4 Å². The fraction of sp³-hybridized carbons (Fsp3) is 0.0833. The molecule has 11 heteroatoms. The monoisotopic (exact) mass is 314 g/mol. The molecule has 0 saturated heterocycles. The SMILES string of the molecule is Cc1c(NC=C(C#N)c2nn[nH]n2)cc(C(N)=O)cc1[N+](=O)[O-]. The number of hydrogen-bond acceptors (Lipinski definition) is 8. The van der Waals surface area contributed by atoms with E-state index in [0.29, 0.717) is 0 Å². The van der Waals surface area contributed by atoms with Crippen molar-refractivity contribution in [2.24, 2.45) is 5.73 Å². The first-order valence-corrected chi connectivity index (χ1v) is 6.13. The van der Waals surface area contributed by atoms with Crippen LogP contribution in [-0.2, 0) is 0 Å². The molecule has 0 bridgehead atoms. The van der Waals surface area contributed by atoms with Gasteiger partial charge in [-0.1, -0.05) is 0 Å². The molecule has 2 rings (SSSR count). The number of nitrogens with zero attached hydrogens (tertiary/aromatic N) is 5. The molecule has 0 atom stereocenters. The lowest BCUT2D eigenvalue weighted by molar-refractivity contribution is -0.385. The van der Waals surface area contributed by atoms with Crippen LogP contribution in [0, 0.1) is 28.4 Å². The zero-order valence-corrected chi connectivity index (χ0v) is 11.8. The summed E-state index contributed by atoms with van der Waals surface area (Å²) in [7, 11) is 0. The van der Waals surface area contributed by atoms with Crippen molar-refractivity contribution >= 4 is 22.9 Å². The van der Waals surface area contributed by atoms with E-state index >= 15 is 0 Å². The highest BCUT2D eigenvalue weighted by Gasteiger charge is 2.18. The normalized spacial score (nSPS) is 10.9. The van der Waals surface area contributed by atoms with Crippen molar-refractivity contribution in [1.29, 1.82) is 5.26 Å². The number of H-pyrrole nitrogens is 1. The fourth-order valence-corrected chi connectivity index (χ4v) is 1.75. The van der Waals surface area contributed by atoms with E-state index in [1.807, 2.05) is 6.07 Å². The van der Waals surface area contributed by atoms with Gasteiger partial charge in [0.15, 0.2) is 0 Å². The second kappa shape index (κ2) is 6.31. The number of hydrogen-bond donors (Lipinski definition) is 3. The molecule has 0 spiro atoms. The molecule has 11 nitrogen and oxygen atoms in total. The Balaban J connectivity index is 2.45.